The molecule has 11 unspecified atom stereocenters. The second-order valence-electron chi connectivity index (χ2n) is 9.06. The second kappa shape index (κ2) is 4.42. The lowest BCUT2D eigenvalue weighted by molar-refractivity contribution is 0.0759. The zero-order valence-corrected chi connectivity index (χ0v) is 15.3. The Morgan fingerprint density at radius 1 is 0.696 bits per heavy atom. The Morgan fingerprint density at radius 2 is 1.35 bits per heavy atom. The van der Waals surface area contributed by atoms with Gasteiger partial charge in [-0.15, -0.1) is 0 Å². The lowest BCUT2D eigenvalue weighted by Crippen LogP contribution is -2.51. The molecule has 4 nitrogen and oxygen atoms in total. The average molecular weight is 337 g/mol. The molecule has 11 atom stereocenters. The van der Waals surface area contributed by atoms with E-state index in [1.807, 2.05) is 0 Å². The van der Waals surface area contributed by atoms with Gasteiger partial charge < -0.3 is 18.0 Å². The highest BCUT2D eigenvalue weighted by molar-refractivity contribution is 6.62. The molecule has 1 heterocycles. The van der Waals surface area contributed by atoms with Gasteiger partial charge in [0.2, 0.25) is 0 Å². The first-order valence-electron chi connectivity index (χ1n) is 9.53. The molecular weight excluding hydrogens is 308 g/mol. The summed E-state index contributed by atoms with van der Waals surface area (Å²) in [5.74, 6) is 7.31. The first-order valence-corrected chi connectivity index (χ1v) is 11.3. The lowest BCUT2D eigenvalue weighted by Gasteiger charge is -2.41. The molecule has 5 saturated carbocycles. The number of rotatable bonds is 4. The zero-order valence-electron chi connectivity index (χ0n) is 14.3. The Kier molecular flexibility index (Phi) is 2.74. The van der Waals surface area contributed by atoms with Gasteiger partial charge in [-0.05, 0) is 73.0 Å². The highest BCUT2D eigenvalue weighted by atomic mass is 28.4. The van der Waals surface area contributed by atoms with Gasteiger partial charge in [-0.1, -0.05) is 0 Å². The highest BCUT2D eigenvalue weighted by Gasteiger charge is 2.75. The minimum atomic E-state index is -2.50. The van der Waals surface area contributed by atoms with Crippen LogP contribution in [0.2, 0.25) is 5.54 Å². The summed E-state index contributed by atoms with van der Waals surface area (Å²) in [6.45, 7) is 0. The molecule has 0 aromatic carbocycles. The third-order valence-electron chi connectivity index (χ3n) is 9.03. The fraction of sp³-hybridized carbons (Fsp3) is 1.00. The van der Waals surface area contributed by atoms with E-state index >= 15 is 0 Å². The molecule has 23 heavy (non-hydrogen) atoms. The van der Waals surface area contributed by atoms with Crippen LogP contribution in [-0.2, 0) is 18.0 Å². The van der Waals surface area contributed by atoms with E-state index in [0.29, 0.717) is 17.7 Å². The van der Waals surface area contributed by atoms with Gasteiger partial charge in [-0.25, -0.2) is 0 Å². The monoisotopic (exact) mass is 336 g/mol. The van der Waals surface area contributed by atoms with Crippen molar-refractivity contribution < 1.29 is 18.0 Å². The van der Waals surface area contributed by atoms with Crippen LogP contribution in [0, 0.1) is 47.3 Å². The molecule has 128 valence electrons. The fourth-order valence-electron chi connectivity index (χ4n) is 8.57. The molecule has 4 bridgehead atoms. The summed E-state index contributed by atoms with van der Waals surface area (Å²) >= 11 is 0. The SMILES string of the molecule is CO[Si](OC)(OC)C1CC2CC1C1C2CC2C3CC(C4OC34)C21. The Balaban J connectivity index is 1.34. The zero-order chi connectivity index (χ0) is 15.5. The maximum atomic E-state index is 6.00. The van der Waals surface area contributed by atoms with Crippen molar-refractivity contribution in [1.29, 1.82) is 0 Å². The summed E-state index contributed by atoms with van der Waals surface area (Å²) in [6.07, 6.45) is 6.97. The van der Waals surface area contributed by atoms with Crippen LogP contribution >= 0.6 is 0 Å². The number of hydrogen-bond donors (Lipinski definition) is 0. The van der Waals surface area contributed by atoms with Crippen molar-refractivity contribution in [2.45, 2.75) is 43.4 Å². The molecule has 1 aliphatic heterocycles. The summed E-state index contributed by atoms with van der Waals surface area (Å²) in [5.41, 5.74) is 0.530. The first-order chi connectivity index (χ1) is 11.2. The van der Waals surface area contributed by atoms with Gasteiger partial charge >= 0.3 is 8.80 Å². The largest absolute Gasteiger partial charge is 0.503 e. The van der Waals surface area contributed by atoms with Crippen LogP contribution in [0.3, 0.4) is 0 Å². The molecule has 0 N–H and O–H groups in total. The fourth-order valence-corrected chi connectivity index (χ4v) is 11.5. The normalized spacial score (nSPS) is 60.9. The van der Waals surface area contributed by atoms with E-state index in [1.165, 1.54) is 25.7 Å². The average Bonchev–Trinajstić information content (AvgIpc) is 2.99. The maximum Gasteiger partial charge on any atom is 0.503 e. The van der Waals surface area contributed by atoms with Crippen molar-refractivity contribution in [2.24, 2.45) is 47.3 Å². The van der Waals surface area contributed by atoms with E-state index in [4.69, 9.17) is 18.0 Å². The molecule has 5 aliphatic carbocycles. The van der Waals surface area contributed by atoms with Gasteiger partial charge in [-0.3, -0.25) is 0 Å². The predicted octanol–water partition coefficient (Wildman–Crippen LogP) is 2.56. The Hall–Kier alpha value is 0.0569. The molecule has 1 saturated heterocycles. The van der Waals surface area contributed by atoms with Crippen molar-refractivity contribution in [3.8, 4) is 0 Å². The summed E-state index contributed by atoms with van der Waals surface area (Å²) in [6, 6.07) is 0. The topological polar surface area (TPSA) is 40.2 Å². The molecule has 0 aromatic rings. The summed E-state index contributed by atoms with van der Waals surface area (Å²) < 4.78 is 23.7. The standard InChI is InChI=1S/C18H28O4Si/c1-19-23(20-2,21-3)14-5-8-4-12(14)15-9(8)6-10-11-7-13(16(10)15)18-17(11)22-18/h8-18H,4-7H2,1-3H3. The van der Waals surface area contributed by atoms with Gasteiger partial charge in [0, 0.05) is 26.9 Å². The quantitative estimate of drug-likeness (QED) is 0.584. The van der Waals surface area contributed by atoms with Crippen LogP contribution in [0.15, 0.2) is 0 Å². The van der Waals surface area contributed by atoms with Crippen molar-refractivity contribution in [3.05, 3.63) is 0 Å². The predicted molar refractivity (Wildman–Crippen MR) is 85.6 cm³/mol. The van der Waals surface area contributed by atoms with Gasteiger partial charge in [-0.2, -0.15) is 0 Å². The molecule has 5 heteroatoms. The summed E-state index contributed by atoms with van der Waals surface area (Å²) in [7, 11) is 2.88. The first kappa shape index (κ1) is 14.2. The minimum Gasteiger partial charge on any atom is -0.377 e. The molecule has 0 radical (unpaired) electrons. The third kappa shape index (κ3) is 1.49. The van der Waals surface area contributed by atoms with E-state index in [0.717, 1.165) is 47.3 Å². The van der Waals surface area contributed by atoms with E-state index in [-0.39, 0.29) is 0 Å². The molecule has 0 aromatic heterocycles. The molecule has 6 aliphatic rings. The minimum absolute atomic E-state index is 0.530. The second-order valence-corrected chi connectivity index (χ2v) is 12.2. The van der Waals surface area contributed by atoms with E-state index in [1.54, 1.807) is 21.3 Å². The molecule has 0 spiro atoms. The molecule has 0 amide bonds. The number of epoxide rings is 1. The van der Waals surface area contributed by atoms with E-state index in [2.05, 4.69) is 0 Å². The van der Waals surface area contributed by atoms with E-state index < -0.39 is 8.80 Å². The van der Waals surface area contributed by atoms with Gasteiger partial charge in [0.15, 0.2) is 0 Å². The van der Waals surface area contributed by atoms with Gasteiger partial charge in [0.05, 0.1) is 12.2 Å². The van der Waals surface area contributed by atoms with Crippen LogP contribution in [0.25, 0.3) is 0 Å². The smallest absolute Gasteiger partial charge is 0.377 e. The van der Waals surface area contributed by atoms with Gasteiger partial charge in [0.25, 0.3) is 0 Å². The molecule has 6 rings (SSSR count). The van der Waals surface area contributed by atoms with Crippen LogP contribution in [0.5, 0.6) is 0 Å². The highest BCUT2D eigenvalue weighted by Crippen LogP contribution is 2.76. The van der Waals surface area contributed by atoms with Gasteiger partial charge in [0.1, 0.15) is 0 Å². The van der Waals surface area contributed by atoms with Crippen LogP contribution in [-0.4, -0.2) is 42.3 Å². The summed E-state index contributed by atoms with van der Waals surface area (Å²) in [5, 5.41) is 0. The third-order valence-corrected chi connectivity index (χ3v) is 12.3. The van der Waals surface area contributed by atoms with Crippen molar-refractivity contribution in [2.75, 3.05) is 21.3 Å². The maximum absolute atomic E-state index is 6.00. The molecule has 6 fully saturated rings. The number of fused-ring (bicyclic) bond motifs is 14. The number of hydrogen-bond acceptors (Lipinski definition) is 4. The molecular formula is C18H28O4Si. The van der Waals surface area contributed by atoms with Crippen molar-refractivity contribution in [3.63, 3.8) is 0 Å². The number of ether oxygens (including phenoxy) is 1. The van der Waals surface area contributed by atoms with E-state index in [9.17, 15) is 0 Å². The Labute approximate surface area is 139 Å². The van der Waals surface area contributed by atoms with Crippen LogP contribution in [0.1, 0.15) is 25.7 Å². The van der Waals surface area contributed by atoms with Crippen molar-refractivity contribution in [1.82, 2.24) is 0 Å². The van der Waals surface area contributed by atoms with Crippen LogP contribution in [0.4, 0.5) is 0 Å². The van der Waals surface area contributed by atoms with Crippen molar-refractivity contribution >= 4 is 8.80 Å². The van der Waals surface area contributed by atoms with Crippen LogP contribution < -0.4 is 0 Å². The lowest BCUT2D eigenvalue weighted by atomic mass is 9.72. The summed E-state index contributed by atoms with van der Waals surface area (Å²) in [4.78, 5) is 0. The Morgan fingerprint density at radius 3 is 2.09 bits per heavy atom. The Bertz CT molecular complexity index is 529.